The Morgan fingerprint density at radius 1 is 1.02 bits per heavy atom. The summed E-state index contributed by atoms with van der Waals surface area (Å²) in [6.45, 7) is 9.79. The van der Waals surface area contributed by atoms with Gasteiger partial charge in [-0.2, -0.15) is 0 Å². The number of nitrogens with two attached hydrogens (primary N) is 2. The van der Waals surface area contributed by atoms with E-state index in [4.69, 9.17) is 11.5 Å². The number of nitrogens with zero attached hydrogens (tertiary/aromatic N) is 2. The number of H-pyrrole nitrogens is 1. The van der Waals surface area contributed by atoms with Crippen LogP contribution in [0.3, 0.4) is 0 Å². The summed E-state index contributed by atoms with van der Waals surface area (Å²) in [5, 5.41) is 0. The number of carbonyl (C=O) groups excluding carboxylic acids is 2. The van der Waals surface area contributed by atoms with Crippen LogP contribution in [0.25, 0.3) is 0 Å². The maximum absolute atomic E-state index is 13.0. The van der Waals surface area contributed by atoms with Crippen molar-refractivity contribution in [2.24, 2.45) is 63.7 Å². The minimum atomic E-state index is -0.323. The first-order valence-electron chi connectivity index (χ1n) is 16.4. The molecule has 7 heteroatoms. The molecule has 2 amide bonds. The molecule has 4 saturated carbocycles. The summed E-state index contributed by atoms with van der Waals surface area (Å²) in [5.41, 5.74) is 13.4. The van der Waals surface area contributed by atoms with Gasteiger partial charge in [0, 0.05) is 24.4 Å². The van der Waals surface area contributed by atoms with E-state index in [0.717, 1.165) is 48.1 Å². The van der Waals surface area contributed by atoms with Gasteiger partial charge in [0.2, 0.25) is 11.8 Å². The van der Waals surface area contributed by atoms with Crippen LogP contribution in [0.1, 0.15) is 104 Å². The SMILES string of the molecule is CCC[C@@H](C)[C@H]1CCC2C3CCC4CC(C(Cc5cnc[nH]5)N(C(=O)CN)C(=O)CN)CC[C@]4(C)C3CC[C@@]21C. The molecule has 7 nitrogen and oxygen atoms in total. The molecule has 1 aromatic rings. The van der Waals surface area contributed by atoms with Crippen molar-refractivity contribution in [3.63, 3.8) is 0 Å². The zero-order chi connectivity index (χ0) is 28.7. The lowest BCUT2D eigenvalue weighted by atomic mass is 9.43. The number of aromatic amines is 1. The molecule has 6 unspecified atom stereocenters. The Hall–Kier alpha value is -1.73. The molecule has 0 saturated heterocycles. The van der Waals surface area contributed by atoms with Crippen molar-refractivity contribution in [3.05, 3.63) is 18.2 Å². The van der Waals surface area contributed by atoms with Crippen LogP contribution in [0.2, 0.25) is 0 Å². The van der Waals surface area contributed by atoms with E-state index < -0.39 is 0 Å². The Labute approximate surface area is 242 Å². The van der Waals surface area contributed by atoms with Crippen LogP contribution in [0.15, 0.2) is 12.5 Å². The molecule has 0 spiro atoms. The molecular formula is C33H55N5O2. The summed E-state index contributed by atoms with van der Waals surface area (Å²) in [6, 6.07) is -0.236. The first kappa shape index (κ1) is 29.8. The van der Waals surface area contributed by atoms with E-state index >= 15 is 0 Å². The van der Waals surface area contributed by atoms with Gasteiger partial charge >= 0.3 is 0 Å². The number of aromatic nitrogens is 2. The van der Waals surface area contributed by atoms with Crippen molar-refractivity contribution in [1.29, 1.82) is 0 Å². The Morgan fingerprint density at radius 3 is 2.38 bits per heavy atom. The first-order valence-corrected chi connectivity index (χ1v) is 16.4. The summed E-state index contributed by atoms with van der Waals surface area (Å²) in [5.74, 6) is 4.56. The van der Waals surface area contributed by atoms with Crippen LogP contribution in [0.5, 0.6) is 0 Å². The lowest BCUT2D eigenvalue weighted by Gasteiger charge is -2.62. The second-order valence-corrected chi connectivity index (χ2v) is 14.6. The summed E-state index contributed by atoms with van der Waals surface area (Å²) < 4.78 is 0. The van der Waals surface area contributed by atoms with Crippen molar-refractivity contribution in [1.82, 2.24) is 14.9 Å². The molecule has 0 aliphatic heterocycles. The molecule has 1 heterocycles. The predicted octanol–water partition coefficient (Wildman–Crippen LogP) is 5.30. The third-order valence-corrected chi connectivity index (χ3v) is 13.0. The largest absolute Gasteiger partial charge is 0.348 e. The van der Waals surface area contributed by atoms with Crippen molar-refractivity contribution in [2.45, 2.75) is 111 Å². The summed E-state index contributed by atoms with van der Waals surface area (Å²) >= 11 is 0. The van der Waals surface area contributed by atoms with Crippen LogP contribution < -0.4 is 11.5 Å². The highest BCUT2D eigenvalue weighted by Crippen LogP contribution is 2.68. The van der Waals surface area contributed by atoms with Crippen LogP contribution in [0.4, 0.5) is 0 Å². The molecule has 0 aromatic carbocycles. The second kappa shape index (κ2) is 11.9. The lowest BCUT2D eigenvalue weighted by molar-refractivity contribution is -0.151. The third-order valence-electron chi connectivity index (χ3n) is 13.0. The van der Waals surface area contributed by atoms with Crippen molar-refractivity contribution in [2.75, 3.05) is 13.1 Å². The molecule has 10 atom stereocenters. The molecule has 4 aliphatic rings. The van der Waals surface area contributed by atoms with Gasteiger partial charge in [0.05, 0.1) is 19.4 Å². The highest BCUT2D eigenvalue weighted by molar-refractivity contribution is 5.97. The van der Waals surface area contributed by atoms with Crippen molar-refractivity contribution >= 4 is 11.8 Å². The molecule has 224 valence electrons. The van der Waals surface area contributed by atoms with E-state index in [-0.39, 0.29) is 36.9 Å². The van der Waals surface area contributed by atoms with Gasteiger partial charge in [-0.05, 0) is 110 Å². The van der Waals surface area contributed by atoms with Gasteiger partial charge in [0.25, 0.3) is 0 Å². The van der Waals surface area contributed by atoms with Gasteiger partial charge in [-0.15, -0.1) is 0 Å². The molecule has 5 rings (SSSR count). The average molecular weight is 554 g/mol. The lowest BCUT2D eigenvalue weighted by Crippen LogP contribution is -2.57. The molecule has 4 fully saturated rings. The maximum Gasteiger partial charge on any atom is 0.243 e. The van der Waals surface area contributed by atoms with E-state index in [1.54, 1.807) is 12.5 Å². The number of imide groups is 1. The van der Waals surface area contributed by atoms with Crippen LogP contribution in [0, 0.1) is 52.3 Å². The Bertz CT molecular complexity index is 1010. The Balaban J connectivity index is 1.35. The normalized spacial score (nSPS) is 38.5. The summed E-state index contributed by atoms with van der Waals surface area (Å²) in [4.78, 5) is 34.8. The van der Waals surface area contributed by atoms with Crippen molar-refractivity contribution < 1.29 is 9.59 Å². The molecule has 1 aromatic heterocycles. The molecule has 4 aliphatic carbocycles. The average Bonchev–Trinajstić information content (AvgIpc) is 3.59. The monoisotopic (exact) mass is 553 g/mol. The van der Waals surface area contributed by atoms with Crippen LogP contribution >= 0.6 is 0 Å². The fraction of sp³-hybridized carbons (Fsp3) is 0.848. The Kier molecular flexibility index (Phi) is 8.83. The molecule has 0 radical (unpaired) electrons. The fourth-order valence-electron chi connectivity index (χ4n) is 11.1. The molecular weight excluding hydrogens is 498 g/mol. The minimum Gasteiger partial charge on any atom is -0.348 e. The van der Waals surface area contributed by atoms with E-state index in [0.29, 0.717) is 23.2 Å². The second-order valence-electron chi connectivity index (χ2n) is 14.6. The number of nitrogens with one attached hydrogen (secondary N) is 1. The molecule has 5 N–H and O–H groups in total. The first-order chi connectivity index (χ1) is 19.2. The predicted molar refractivity (Wildman–Crippen MR) is 159 cm³/mol. The van der Waals surface area contributed by atoms with Gasteiger partial charge in [0.1, 0.15) is 0 Å². The number of amides is 2. The van der Waals surface area contributed by atoms with Gasteiger partial charge in [-0.1, -0.05) is 40.5 Å². The standard InChI is InChI=1S/C33H55N5O2/c1-5-6-21(2)26-9-10-27-25-8-7-23-15-22(11-13-32(23,3)28(25)12-14-33(26,27)4)29(16-24-19-36-20-37-24)38(30(39)17-34)31(40)18-35/h19-23,25-29H,5-18,34-35H2,1-4H3,(H,36,37)/t21-,22?,23?,25?,26-,27?,28?,29?,32+,33-/m1/s1. The third kappa shape index (κ3) is 5.08. The molecule has 40 heavy (non-hydrogen) atoms. The van der Waals surface area contributed by atoms with Gasteiger partial charge in [0.15, 0.2) is 0 Å². The van der Waals surface area contributed by atoms with Gasteiger partial charge < -0.3 is 16.5 Å². The number of hydrogen-bond acceptors (Lipinski definition) is 5. The number of fused-ring (bicyclic) bond motifs is 5. The number of hydrogen-bond donors (Lipinski definition) is 3. The minimum absolute atomic E-state index is 0.180. The van der Waals surface area contributed by atoms with Gasteiger partial charge in [-0.25, -0.2) is 4.98 Å². The zero-order valence-electron chi connectivity index (χ0n) is 25.5. The topological polar surface area (TPSA) is 118 Å². The van der Waals surface area contributed by atoms with E-state index in [2.05, 4.69) is 37.7 Å². The van der Waals surface area contributed by atoms with E-state index in [1.807, 2.05) is 0 Å². The maximum atomic E-state index is 13.0. The quantitative estimate of drug-likeness (QED) is 0.383. The highest BCUT2D eigenvalue weighted by atomic mass is 16.2. The van der Waals surface area contributed by atoms with Crippen LogP contribution in [-0.4, -0.2) is 45.8 Å². The summed E-state index contributed by atoms with van der Waals surface area (Å²) in [6.07, 6.45) is 18.3. The van der Waals surface area contributed by atoms with Gasteiger partial charge in [-0.3, -0.25) is 14.5 Å². The molecule has 0 bridgehead atoms. The number of rotatable bonds is 9. The number of imidazole rings is 1. The highest BCUT2D eigenvalue weighted by Gasteiger charge is 2.61. The van der Waals surface area contributed by atoms with Crippen molar-refractivity contribution in [3.8, 4) is 0 Å². The zero-order valence-corrected chi connectivity index (χ0v) is 25.5. The smallest absolute Gasteiger partial charge is 0.243 e. The fourth-order valence-corrected chi connectivity index (χ4v) is 11.1. The Morgan fingerprint density at radius 2 is 1.73 bits per heavy atom. The summed E-state index contributed by atoms with van der Waals surface area (Å²) in [7, 11) is 0. The number of carbonyl (C=O) groups is 2. The van der Waals surface area contributed by atoms with E-state index in [1.165, 1.54) is 62.7 Å². The van der Waals surface area contributed by atoms with Crippen LogP contribution in [-0.2, 0) is 16.0 Å². The van der Waals surface area contributed by atoms with E-state index in [9.17, 15) is 9.59 Å².